The molecule has 1 aromatic heterocycles. The van der Waals surface area contributed by atoms with E-state index in [0.717, 1.165) is 17.0 Å². The van der Waals surface area contributed by atoms with Gasteiger partial charge in [-0.1, -0.05) is 11.6 Å². The lowest BCUT2D eigenvalue weighted by Gasteiger charge is -2.16. The molecule has 2 aromatic rings. The monoisotopic (exact) mass is 390 g/mol. The largest absolute Gasteiger partial charge is 0.417 e. The van der Waals surface area contributed by atoms with Gasteiger partial charge in [0, 0.05) is 17.6 Å². The molecule has 25 heavy (non-hydrogen) atoms. The van der Waals surface area contributed by atoms with Crippen molar-refractivity contribution >= 4 is 40.4 Å². The van der Waals surface area contributed by atoms with Gasteiger partial charge in [0.2, 0.25) is 5.91 Å². The Morgan fingerprint density at radius 1 is 1.24 bits per heavy atom. The van der Waals surface area contributed by atoms with Crippen LogP contribution in [-0.4, -0.2) is 30.3 Å². The summed E-state index contributed by atoms with van der Waals surface area (Å²) in [5, 5.41) is 1.88. The fraction of sp³-hybridized carbons (Fsp3) is 0.250. The number of thiophene rings is 1. The number of alkyl halides is 3. The van der Waals surface area contributed by atoms with Crippen LogP contribution < -0.4 is 5.32 Å². The summed E-state index contributed by atoms with van der Waals surface area (Å²) in [6.07, 6.45) is -4.62. The van der Waals surface area contributed by atoms with Gasteiger partial charge in [-0.2, -0.15) is 13.2 Å². The van der Waals surface area contributed by atoms with E-state index in [-0.39, 0.29) is 18.1 Å². The number of amides is 2. The molecule has 134 valence electrons. The first-order chi connectivity index (χ1) is 11.6. The third-order valence-electron chi connectivity index (χ3n) is 3.23. The van der Waals surface area contributed by atoms with Gasteiger partial charge in [0.05, 0.1) is 22.0 Å². The number of nitrogens with zero attached hydrogens (tertiary/aromatic N) is 1. The first kappa shape index (κ1) is 19.3. The maximum atomic E-state index is 12.8. The van der Waals surface area contributed by atoms with Crippen LogP contribution in [-0.2, 0) is 11.0 Å². The highest BCUT2D eigenvalue weighted by atomic mass is 35.5. The van der Waals surface area contributed by atoms with Crippen molar-refractivity contribution in [3.8, 4) is 0 Å². The summed E-state index contributed by atoms with van der Waals surface area (Å²) in [4.78, 5) is 26.8. The average molecular weight is 391 g/mol. The highest BCUT2D eigenvalue weighted by Crippen LogP contribution is 2.36. The molecule has 0 aliphatic carbocycles. The van der Waals surface area contributed by atoms with E-state index in [1.807, 2.05) is 6.92 Å². The van der Waals surface area contributed by atoms with E-state index in [4.69, 9.17) is 11.6 Å². The van der Waals surface area contributed by atoms with Gasteiger partial charge in [-0.15, -0.1) is 11.3 Å². The molecule has 0 radical (unpaired) electrons. The zero-order valence-corrected chi connectivity index (χ0v) is 14.9. The molecule has 0 bridgehead atoms. The Labute approximate surface area is 151 Å². The molecule has 0 aliphatic heterocycles. The summed E-state index contributed by atoms with van der Waals surface area (Å²) in [6.45, 7) is 1.56. The number of rotatable bonds is 4. The number of anilines is 1. The van der Waals surface area contributed by atoms with Crippen LogP contribution in [0.2, 0.25) is 5.02 Å². The maximum Gasteiger partial charge on any atom is 0.417 e. The molecule has 0 atom stereocenters. The van der Waals surface area contributed by atoms with Crippen LogP contribution in [0.25, 0.3) is 0 Å². The molecule has 2 rings (SSSR count). The lowest BCUT2D eigenvalue weighted by Crippen LogP contribution is -2.34. The van der Waals surface area contributed by atoms with Gasteiger partial charge in [0.1, 0.15) is 0 Å². The maximum absolute atomic E-state index is 12.8. The van der Waals surface area contributed by atoms with Crippen molar-refractivity contribution in [1.29, 1.82) is 0 Å². The topological polar surface area (TPSA) is 49.4 Å². The van der Waals surface area contributed by atoms with Gasteiger partial charge in [-0.3, -0.25) is 9.59 Å². The summed E-state index contributed by atoms with van der Waals surface area (Å²) in [5.74, 6) is -0.945. The molecule has 0 unspecified atom stereocenters. The molecular formula is C16H14ClF3N2O2S. The summed E-state index contributed by atoms with van der Waals surface area (Å²) in [7, 11) is 1.44. The molecule has 0 aliphatic rings. The van der Waals surface area contributed by atoms with Crippen LogP contribution in [0.1, 0.15) is 20.1 Å². The van der Waals surface area contributed by atoms with Gasteiger partial charge in [0.25, 0.3) is 5.91 Å². The zero-order valence-electron chi connectivity index (χ0n) is 13.3. The first-order valence-corrected chi connectivity index (χ1v) is 8.26. The smallest absolute Gasteiger partial charge is 0.332 e. The third kappa shape index (κ3) is 4.96. The minimum absolute atomic E-state index is 0.0467. The first-order valence-electron chi connectivity index (χ1n) is 7.06. The van der Waals surface area contributed by atoms with Gasteiger partial charge >= 0.3 is 6.18 Å². The average Bonchev–Trinajstić information content (AvgIpc) is 2.93. The second kappa shape index (κ2) is 7.45. The van der Waals surface area contributed by atoms with Crippen molar-refractivity contribution < 1.29 is 22.8 Å². The molecule has 1 heterocycles. The van der Waals surface area contributed by atoms with Gasteiger partial charge < -0.3 is 10.2 Å². The number of carbonyl (C=O) groups is 2. The van der Waals surface area contributed by atoms with E-state index in [9.17, 15) is 22.8 Å². The Kier molecular flexibility index (Phi) is 5.74. The Morgan fingerprint density at radius 3 is 2.48 bits per heavy atom. The molecule has 1 N–H and O–H groups in total. The lowest BCUT2D eigenvalue weighted by molar-refractivity contribution is -0.137. The number of benzene rings is 1. The summed E-state index contributed by atoms with van der Waals surface area (Å²) in [6, 6.07) is 6.53. The van der Waals surface area contributed by atoms with Crippen molar-refractivity contribution in [3.05, 3.63) is 50.7 Å². The van der Waals surface area contributed by atoms with E-state index < -0.39 is 22.7 Å². The quantitative estimate of drug-likeness (QED) is 0.839. The lowest BCUT2D eigenvalue weighted by atomic mass is 10.2. The molecule has 4 nitrogen and oxygen atoms in total. The van der Waals surface area contributed by atoms with Crippen molar-refractivity contribution in [2.24, 2.45) is 0 Å². The fourth-order valence-corrected chi connectivity index (χ4v) is 3.13. The van der Waals surface area contributed by atoms with Crippen molar-refractivity contribution in [2.45, 2.75) is 13.1 Å². The molecule has 9 heteroatoms. The molecule has 2 amide bonds. The van der Waals surface area contributed by atoms with Crippen LogP contribution in [0, 0.1) is 6.92 Å². The number of aryl methyl sites for hydroxylation is 1. The van der Waals surface area contributed by atoms with Crippen LogP contribution in [0.3, 0.4) is 0 Å². The summed E-state index contributed by atoms with van der Waals surface area (Å²) in [5.41, 5.74) is -1.08. The number of nitrogens with one attached hydrogen (secondary N) is 1. The van der Waals surface area contributed by atoms with Gasteiger partial charge in [-0.05, 0) is 37.3 Å². The highest BCUT2D eigenvalue weighted by molar-refractivity contribution is 7.13. The second-order valence-corrected chi connectivity index (χ2v) is 7.01. The predicted octanol–water partition coefficient (Wildman–Crippen LogP) is 4.44. The molecule has 0 fully saturated rings. The number of carbonyl (C=O) groups excluding carboxylic acids is 2. The van der Waals surface area contributed by atoms with Crippen LogP contribution in [0.4, 0.5) is 18.9 Å². The van der Waals surface area contributed by atoms with Crippen molar-refractivity contribution in [1.82, 2.24) is 4.90 Å². The van der Waals surface area contributed by atoms with E-state index in [0.29, 0.717) is 4.88 Å². The Bertz CT molecular complexity index is 805. The number of halogens is 4. The number of likely N-dealkylation sites (N-methyl/N-ethyl adjacent to an activating group) is 1. The highest BCUT2D eigenvalue weighted by Gasteiger charge is 2.33. The number of hydrogen-bond acceptors (Lipinski definition) is 3. The van der Waals surface area contributed by atoms with E-state index in [2.05, 4.69) is 5.32 Å². The Hall–Kier alpha value is -2.06. The standard InChI is InChI=1S/C16H14ClF3N2O2S/c1-9-3-6-13(25-9)15(24)22(2)8-14(23)21-10-4-5-12(17)11(7-10)16(18,19)20/h3-7H,8H2,1-2H3,(H,21,23). The van der Waals surface area contributed by atoms with Crippen LogP contribution >= 0.6 is 22.9 Å². The second-order valence-electron chi connectivity index (χ2n) is 5.31. The van der Waals surface area contributed by atoms with Gasteiger partial charge in [0.15, 0.2) is 0 Å². The molecule has 0 saturated heterocycles. The molecule has 0 saturated carbocycles. The normalized spacial score (nSPS) is 11.3. The molecule has 0 spiro atoms. The Balaban J connectivity index is 2.04. The zero-order chi connectivity index (χ0) is 18.8. The Morgan fingerprint density at radius 2 is 1.92 bits per heavy atom. The van der Waals surface area contributed by atoms with Crippen molar-refractivity contribution in [2.75, 3.05) is 18.9 Å². The predicted molar refractivity (Wildman–Crippen MR) is 91.1 cm³/mol. The third-order valence-corrected chi connectivity index (χ3v) is 4.55. The van der Waals surface area contributed by atoms with Crippen molar-refractivity contribution in [3.63, 3.8) is 0 Å². The minimum atomic E-state index is -4.62. The molecular weight excluding hydrogens is 377 g/mol. The van der Waals surface area contributed by atoms with E-state index >= 15 is 0 Å². The fourth-order valence-electron chi connectivity index (χ4n) is 2.05. The number of hydrogen-bond donors (Lipinski definition) is 1. The SMILES string of the molecule is Cc1ccc(C(=O)N(C)CC(=O)Nc2ccc(Cl)c(C(F)(F)F)c2)s1. The van der Waals surface area contributed by atoms with Gasteiger partial charge in [-0.25, -0.2) is 0 Å². The summed E-state index contributed by atoms with van der Waals surface area (Å²) < 4.78 is 38.5. The molecule has 1 aromatic carbocycles. The van der Waals surface area contributed by atoms with E-state index in [1.165, 1.54) is 29.4 Å². The van der Waals surface area contributed by atoms with Crippen LogP contribution in [0.5, 0.6) is 0 Å². The van der Waals surface area contributed by atoms with Crippen LogP contribution in [0.15, 0.2) is 30.3 Å². The summed E-state index contributed by atoms with van der Waals surface area (Å²) >= 11 is 6.83. The van der Waals surface area contributed by atoms with E-state index in [1.54, 1.807) is 12.1 Å². The minimum Gasteiger partial charge on any atom is -0.332 e.